The fourth-order valence-electron chi connectivity index (χ4n) is 2.14. The average Bonchev–Trinajstić information content (AvgIpc) is 2.27. The molecule has 2 rings (SSSR count). The average molecular weight is 253 g/mol. The molecule has 92 valence electrons. The van der Waals surface area contributed by atoms with E-state index in [0.29, 0.717) is 10.6 Å². The number of hydrogen-bond donors (Lipinski definition) is 1. The van der Waals surface area contributed by atoms with E-state index in [1.54, 1.807) is 12.1 Å². The molecular formula is C13H17ClN2O. The molecule has 1 fully saturated rings. The fourth-order valence-corrected chi connectivity index (χ4v) is 2.33. The molecule has 1 aromatic rings. The first-order chi connectivity index (χ1) is 8.00. The van der Waals surface area contributed by atoms with Gasteiger partial charge in [-0.1, -0.05) is 17.7 Å². The maximum absolute atomic E-state index is 12.4. The van der Waals surface area contributed by atoms with Gasteiger partial charge in [0.25, 0.3) is 5.91 Å². The Morgan fingerprint density at radius 2 is 2.24 bits per heavy atom. The predicted molar refractivity (Wildman–Crippen MR) is 69.4 cm³/mol. The van der Waals surface area contributed by atoms with Gasteiger partial charge in [0.1, 0.15) is 0 Å². The molecule has 1 aromatic carbocycles. The Hall–Kier alpha value is -1.06. The summed E-state index contributed by atoms with van der Waals surface area (Å²) < 4.78 is 0. The molecule has 1 aliphatic heterocycles. The molecule has 17 heavy (non-hydrogen) atoms. The lowest BCUT2D eigenvalue weighted by Crippen LogP contribution is -2.59. The van der Waals surface area contributed by atoms with Gasteiger partial charge in [0.15, 0.2) is 0 Å². The van der Waals surface area contributed by atoms with E-state index in [0.717, 1.165) is 19.6 Å². The second-order valence-electron chi connectivity index (χ2n) is 4.96. The summed E-state index contributed by atoms with van der Waals surface area (Å²) in [4.78, 5) is 14.3. The number of benzene rings is 1. The van der Waals surface area contributed by atoms with E-state index in [1.807, 2.05) is 17.0 Å². The molecule has 0 aromatic heterocycles. The first kappa shape index (κ1) is 12.4. The number of nitrogens with zero attached hydrogens (tertiary/aromatic N) is 1. The zero-order chi connectivity index (χ0) is 12.5. The molecule has 0 unspecified atom stereocenters. The SMILES string of the molecule is CC1(C)CNCCN1C(=O)c1cccc(Cl)c1. The van der Waals surface area contributed by atoms with E-state index >= 15 is 0 Å². The lowest BCUT2D eigenvalue weighted by Gasteiger charge is -2.42. The van der Waals surface area contributed by atoms with Crippen LogP contribution >= 0.6 is 11.6 Å². The molecule has 4 heteroatoms. The third-order valence-corrected chi connectivity index (χ3v) is 3.35. The topological polar surface area (TPSA) is 32.3 Å². The molecule has 0 spiro atoms. The number of carbonyl (C=O) groups excluding carboxylic acids is 1. The molecule has 1 aliphatic rings. The number of piperazine rings is 1. The maximum atomic E-state index is 12.4. The van der Waals surface area contributed by atoms with Crippen molar-refractivity contribution < 1.29 is 4.79 Å². The largest absolute Gasteiger partial charge is 0.331 e. The lowest BCUT2D eigenvalue weighted by molar-refractivity contribution is 0.0477. The van der Waals surface area contributed by atoms with Crippen molar-refractivity contribution in [3.63, 3.8) is 0 Å². The van der Waals surface area contributed by atoms with Crippen LogP contribution in [0.4, 0.5) is 0 Å². The van der Waals surface area contributed by atoms with Crippen LogP contribution in [-0.2, 0) is 0 Å². The molecule has 0 saturated carbocycles. The first-order valence-electron chi connectivity index (χ1n) is 5.79. The molecular weight excluding hydrogens is 236 g/mol. The Labute approximate surface area is 107 Å². The normalized spacial score (nSPS) is 19.1. The van der Waals surface area contributed by atoms with Crippen LogP contribution in [0, 0.1) is 0 Å². The highest BCUT2D eigenvalue weighted by Crippen LogP contribution is 2.20. The second-order valence-corrected chi connectivity index (χ2v) is 5.39. The van der Waals surface area contributed by atoms with Crippen LogP contribution in [0.15, 0.2) is 24.3 Å². The van der Waals surface area contributed by atoms with E-state index in [9.17, 15) is 4.79 Å². The van der Waals surface area contributed by atoms with Crippen molar-refractivity contribution >= 4 is 17.5 Å². The molecule has 0 radical (unpaired) electrons. The Bertz CT molecular complexity index is 431. The third-order valence-electron chi connectivity index (χ3n) is 3.12. The summed E-state index contributed by atoms with van der Waals surface area (Å²) in [6.45, 7) is 6.54. The minimum absolute atomic E-state index is 0.0546. The van der Waals surface area contributed by atoms with Gasteiger partial charge in [-0.25, -0.2) is 0 Å². The molecule has 1 saturated heterocycles. The van der Waals surface area contributed by atoms with Crippen molar-refractivity contribution in [1.29, 1.82) is 0 Å². The summed E-state index contributed by atoms with van der Waals surface area (Å²) >= 11 is 5.92. The highest BCUT2D eigenvalue weighted by molar-refractivity contribution is 6.30. The number of hydrogen-bond acceptors (Lipinski definition) is 2. The molecule has 0 atom stereocenters. The highest BCUT2D eigenvalue weighted by atomic mass is 35.5. The summed E-state index contributed by atoms with van der Waals surface area (Å²) in [6.07, 6.45) is 0. The van der Waals surface area contributed by atoms with Crippen molar-refractivity contribution in [3.05, 3.63) is 34.9 Å². The Morgan fingerprint density at radius 1 is 1.47 bits per heavy atom. The molecule has 1 N–H and O–H groups in total. The van der Waals surface area contributed by atoms with Crippen molar-refractivity contribution in [1.82, 2.24) is 10.2 Å². The molecule has 1 heterocycles. The smallest absolute Gasteiger partial charge is 0.254 e. The van der Waals surface area contributed by atoms with Gasteiger partial charge in [-0.15, -0.1) is 0 Å². The highest BCUT2D eigenvalue weighted by Gasteiger charge is 2.33. The quantitative estimate of drug-likeness (QED) is 0.831. The Morgan fingerprint density at radius 3 is 2.88 bits per heavy atom. The van der Waals surface area contributed by atoms with Gasteiger partial charge < -0.3 is 10.2 Å². The van der Waals surface area contributed by atoms with Gasteiger partial charge in [0.2, 0.25) is 0 Å². The number of halogens is 1. The van der Waals surface area contributed by atoms with Crippen LogP contribution in [-0.4, -0.2) is 36.0 Å². The summed E-state index contributed by atoms with van der Waals surface area (Å²) in [5.74, 6) is 0.0546. The summed E-state index contributed by atoms with van der Waals surface area (Å²) in [5, 5.41) is 3.90. The minimum Gasteiger partial charge on any atom is -0.331 e. The zero-order valence-electron chi connectivity index (χ0n) is 10.2. The molecule has 0 aliphatic carbocycles. The molecule has 0 bridgehead atoms. The molecule has 1 amide bonds. The number of nitrogens with one attached hydrogen (secondary N) is 1. The van der Waals surface area contributed by atoms with Crippen molar-refractivity contribution in [2.45, 2.75) is 19.4 Å². The fraction of sp³-hybridized carbons (Fsp3) is 0.462. The van der Waals surface area contributed by atoms with Crippen LogP contribution in [0.1, 0.15) is 24.2 Å². The van der Waals surface area contributed by atoms with Gasteiger partial charge >= 0.3 is 0 Å². The van der Waals surface area contributed by atoms with E-state index in [2.05, 4.69) is 19.2 Å². The Kier molecular flexibility index (Phi) is 3.40. The maximum Gasteiger partial charge on any atom is 0.254 e. The summed E-state index contributed by atoms with van der Waals surface area (Å²) in [7, 11) is 0. The third kappa shape index (κ3) is 2.61. The first-order valence-corrected chi connectivity index (χ1v) is 6.17. The zero-order valence-corrected chi connectivity index (χ0v) is 10.9. The van der Waals surface area contributed by atoms with Gasteiger partial charge in [-0.05, 0) is 32.0 Å². The van der Waals surface area contributed by atoms with E-state index in [1.165, 1.54) is 0 Å². The summed E-state index contributed by atoms with van der Waals surface area (Å²) in [5.41, 5.74) is 0.505. The number of carbonyl (C=O) groups is 1. The van der Waals surface area contributed by atoms with Gasteiger partial charge in [0.05, 0.1) is 5.54 Å². The van der Waals surface area contributed by atoms with Gasteiger partial charge in [0, 0.05) is 30.2 Å². The Balaban J connectivity index is 2.25. The monoisotopic (exact) mass is 252 g/mol. The predicted octanol–water partition coefficient (Wildman–Crippen LogP) is 2.16. The van der Waals surface area contributed by atoms with Crippen LogP contribution in [0.25, 0.3) is 0 Å². The number of rotatable bonds is 1. The second kappa shape index (κ2) is 4.67. The minimum atomic E-state index is -0.155. The standard InChI is InChI=1S/C13H17ClN2O/c1-13(2)9-15-6-7-16(13)12(17)10-4-3-5-11(14)8-10/h3-5,8,15H,6-7,9H2,1-2H3. The van der Waals surface area contributed by atoms with Crippen molar-refractivity contribution in [2.24, 2.45) is 0 Å². The van der Waals surface area contributed by atoms with Crippen LogP contribution < -0.4 is 5.32 Å². The van der Waals surface area contributed by atoms with Crippen molar-refractivity contribution in [2.75, 3.05) is 19.6 Å². The van der Waals surface area contributed by atoms with E-state index in [-0.39, 0.29) is 11.4 Å². The van der Waals surface area contributed by atoms with Gasteiger partial charge in [-0.3, -0.25) is 4.79 Å². The number of amides is 1. The van der Waals surface area contributed by atoms with Crippen LogP contribution in [0.3, 0.4) is 0 Å². The van der Waals surface area contributed by atoms with Crippen LogP contribution in [0.2, 0.25) is 5.02 Å². The van der Waals surface area contributed by atoms with Crippen molar-refractivity contribution in [3.8, 4) is 0 Å². The van der Waals surface area contributed by atoms with E-state index < -0.39 is 0 Å². The molecule has 3 nitrogen and oxygen atoms in total. The summed E-state index contributed by atoms with van der Waals surface area (Å²) in [6, 6.07) is 7.13. The van der Waals surface area contributed by atoms with Gasteiger partial charge in [-0.2, -0.15) is 0 Å². The lowest BCUT2D eigenvalue weighted by atomic mass is 9.99. The van der Waals surface area contributed by atoms with E-state index in [4.69, 9.17) is 11.6 Å². The van der Waals surface area contributed by atoms with Crippen LogP contribution in [0.5, 0.6) is 0 Å².